The predicted molar refractivity (Wildman–Crippen MR) is 59.0 cm³/mol. The van der Waals surface area contributed by atoms with Gasteiger partial charge in [-0.2, -0.15) is 12.6 Å². The summed E-state index contributed by atoms with van der Waals surface area (Å²) in [5.41, 5.74) is 0.893. The highest BCUT2D eigenvalue weighted by molar-refractivity contribution is 7.81. The molecule has 0 aromatic heterocycles. The molecular weight excluding hydrogens is 215 g/mol. The Labute approximate surface area is 93.5 Å². The summed E-state index contributed by atoms with van der Waals surface area (Å²) in [6, 6.07) is 4.51. The third-order valence-electron chi connectivity index (χ3n) is 2.62. The first-order valence-electron chi connectivity index (χ1n) is 4.94. The first kappa shape index (κ1) is 10.8. The van der Waals surface area contributed by atoms with Gasteiger partial charge < -0.3 is 9.84 Å². The van der Waals surface area contributed by atoms with Crippen molar-refractivity contribution in [2.45, 2.75) is 24.2 Å². The molecule has 1 aliphatic heterocycles. The molecule has 82 valence electrons. The second-order valence-electron chi connectivity index (χ2n) is 3.70. The lowest BCUT2D eigenvalue weighted by atomic mass is 10.0. The summed E-state index contributed by atoms with van der Waals surface area (Å²) < 4.78 is 18.5. The summed E-state index contributed by atoms with van der Waals surface area (Å²) in [4.78, 5) is 0. The number of benzene rings is 1. The molecule has 2 atom stereocenters. The minimum absolute atomic E-state index is 0.00962. The lowest BCUT2D eigenvalue weighted by Gasteiger charge is -2.29. The summed E-state index contributed by atoms with van der Waals surface area (Å²) in [5, 5.41) is 8.79. The molecule has 1 unspecified atom stereocenters. The molecule has 1 aliphatic rings. The maximum atomic E-state index is 12.9. The number of rotatable bonds is 2. The van der Waals surface area contributed by atoms with E-state index in [1.807, 2.05) is 0 Å². The Kier molecular flexibility index (Phi) is 3.17. The fraction of sp³-hybridized carbons (Fsp3) is 0.455. The van der Waals surface area contributed by atoms with Crippen molar-refractivity contribution in [2.24, 2.45) is 0 Å². The maximum absolute atomic E-state index is 12.9. The molecule has 0 amide bonds. The number of fused-ring (bicyclic) bond motifs is 1. The van der Waals surface area contributed by atoms with Crippen LogP contribution in [0, 0.1) is 5.82 Å². The van der Waals surface area contributed by atoms with Crippen molar-refractivity contribution in [1.29, 1.82) is 0 Å². The molecule has 0 radical (unpaired) electrons. The lowest BCUT2D eigenvalue weighted by molar-refractivity contribution is 0.141. The number of hydrogen-bond acceptors (Lipinski definition) is 3. The highest BCUT2D eigenvalue weighted by atomic mass is 32.1. The molecule has 2 rings (SSSR count). The molecule has 0 bridgehead atoms. The Hall–Kier alpha value is -0.740. The summed E-state index contributed by atoms with van der Waals surface area (Å²) >= 11 is 4.24. The van der Waals surface area contributed by atoms with Crippen LogP contribution in [0.15, 0.2) is 18.2 Å². The van der Waals surface area contributed by atoms with Gasteiger partial charge in [0.15, 0.2) is 0 Å². The maximum Gasteiger partial charge on any atom is 0.123 e. The Morgan fingerprint density at radius 2 is 2.40 bits per heavy atom. The molecular formula is C11H13FO2S. The van der Waals surface area contributed by atoms with Gasteiger partial charge in [-0.05, 0) is 36.6 Å². The smallest absolute Gasteiger partial charge is 0.123 e. The first-order valence-corrected chi connectivity index (χ1v) is 5.46. The molecule has 0 saturated carbocycles. The van der Waals surface area contributed by atoms with Crippen LogP contribution in [-0.2, 0) is 6.42 Å². The van der Waals surface area contributed by atoms with Crippen molar-refractivity contribution < 1.29 is 14.2 Å². The molecule has 1 aromatic carbocycles. The molecule has 4 heteroatoms. The van der Waals surface area contributed by atoms with Crippen LogP contribution in [0.4, 0.5) is 4.39 Å². The molecule has 0 fully saturated rings. The molecule has 15 heavy (non-hydrogen) atoms. The van der Waals surface area contributed by atoms with Gasteiger partial charge in [-0.3, -0.25) is 0 Å². The highest BCUT2D eigenvalue weighted by Gasteiger charge is 2.25. The second-order valence-corrected chi connectivity index (χ2v) is 4.36. The SMILES string of the molecule is OCC(S)[C@@H]1CCc2cc(F)ccc2O1. The van der Waals surface area contributed by atoms with Crippen LogP contribution in [0.5, 0.6) is 5.75 Å². The van der Waals surface area contributed by atoms with Crippen molar-refractivity contribution in [2.75, 3.05) is 6.61 Å². The topological polar surface area (TPSA) is 29.5 Å². The normalized spacial score (nSPS) is 21.7. The molecule has 1 aromatic rings. The van der Waals surface area contributed by atoms with E-state index in [1.54, 1.807) is 6.07 Å². The largest absolute Gasteiger partial charge is 0.489 e. The van der Waals surface area contributed by atoms with Gasteiger partial charge in [-0.25, -0.2) is 4.39 Å². The average molecular weight is 228 g/mol. The molecule has 0 aliphatic carbocycles. The van der Waals surface area contributed by atoms with E-state index in [1.165, 1.54) is 12.1 Å². The fourth-order valence-electron chi connectivity index (χ4n) is 1.77. The zero-order valence-electron chi connectivity index (χ0n) is 8.19. The number of halogens is 1. The fourth-order valence-corrected chi connectivity index (χ4v) is 1.98. The quantitative estimate of drug-likeness (QED) is 0.756. The lowest BCUT2D eigenvalue weighted by Crippen LogP contribution is -2.33. The van der Waals surface area contributed by atoms with Crippen LogP contribution in [0.2, 0.25) is 0 Å². The highest BCUT2D eigenvalue weighted by Crippen LogP contribution is 2.30. The van der Waals surface area contributed by atoms with E-state index >= 15 is 0 Å². The zero-order valence-corrected chi connectivity index (χ0v) is 9.08. The van der Waals surface area contributed by atoms with Crippen LogP contribution in [-0.4, -0.2) is 23.1 Å². The number of ether oxygens (including phenoxy) is 1. The van der Waals surface area contributed by atoms with E-state index in [-0.39, 0.29) is 23.8 Å². The molecule has 1 N–H and O–H groups in total. The summed E-state index contributed by atoms with van der Waals surface area (Å²) in [5.74, 6) is 0.473. The predicted octanol–water partition coefficient (Wildman–Crippen LogP) is 1.81. The molecule has 0 saturated heterocycles. The number of aliphatic hydroxyl groups is 1. The average Bonchev–Trinajstić information content (AvgIpc) is 2.27. The van der Waals surface area contributed by atoms with Gasteiger partial charge in [0.05, 0.1) is 11.9 Å². The summed E-state index contributed by atoms with van der Waals surface area (Å²) in [7, 11) is 0. The van der Waals surface area contributed by atoms with E-state index in [4.69, 9.17) is 9.84 Å². The van der Waals surface area contributed by atoms with Crippen LogP contribution < -0.4 is 4.74 Å². The second kappa shape index (κ2) is 4.41. The molecule has 1 heterocycles. The van der Waals surface area contributed by atoms with Gasteiger partial charge in [0, 0.05) is 0 Å². The minimum Gasteiger partial charge on any atom is -0.489 e. The molecule has 0 spiro atoms. The van der Waals surface area contributed by atoms with E-state index in [9.17, 15) is 4.39 Å². The van der Waals surface area contributed by atoms with Gasteiger partial charge >= 0.3 is 0 Å². The summed E-state index contributed by atoms with van der Waals surface area (Å²) in [6.07, 6.45) is 1.45. The van der Waals surface area contributed by atoms with Gasteiger partial charge in [-0.15, -0.1) is 0 Å². The van der Waals surface area contributed by atoms with Crippen LogP contribution in [0.25, 0.3) is 0 Å². The van der Waals surface area contributed by atoms with Crippen molar-refractivity contribution in [3.8, 4) is 5.75 Å². The van der Waals surface area contributed by atoms with Crippen LogP contribution >= 0.6 is 12.6 Å². The Balaban J connectivity index is 2.16. The van der Waals surface area contributed by atoms with E-state index in [0.29, 0.717) is 5.75 Å². The van der Waals surface area contributed by atoms with Crippen molar-refractivity contribution in [3.63, 3.8) is 0 Å². The Morgan fingerprint density at radius 3 is 3.13 bits per heavy atom. The van der Waals surface area contributed by atoms with Crippen molar-refractivity contribution >= 4 is 12.6 Å². The van der Waals surface area contributed by atoms with E-state index in [0.717, 1.165) is 18.4 Å². The van der Waals surface area contributed by atoms with E-state index < -0.39 is 0 Å². The number of hydrogen-bond donors (Lipinski definition) is 2. The standard InChI is InChI=1S/C11H13FO2S/c12-8-2-4-9-7(5-8)1-3-10(14-9)11(15)6-13/h2,4-5,10-11,13,15H,1,3,6H2/t10-,11?/m0/s1. The van der Waals surface area contributed by atoms with Crippen molar-refractivity contribution in [3.05, 3.63) is 29.6 Å². The minimum atomic E-state index is -0.236. The van der Waals surface area contributed by atoms with Crippen LogP contribution in [0.3, 0.4) is 0 Å². The third kappa shape index (κ3) is 2.26. The van der Waals surface area contributed by atoms with Gasteiger partial charge in [0.2, 0.25) is 0 Å². The number of thiol groups is 1. The molecule has 2 nitrogen and oxygen atoms in total. The summed E-state index contributed by atoms with van der Waals surface area (Å²) in [6.45, 7) is -0.00962. The zero-order chi connectivity index (χ0) is 10.8. The van der Waals surface area contributed by atoms with Crippen LogP contribution in [0.1, 0.15) is 12.0 Å². The van der Waals surface area contributed by atoms with Gasteiger partial charge in [0.25, 0.3) is 0 Å². The first-order chi connectivity index (χ1) is 7.20. The van der Waals surface area contributed by atoms with E-state index in [2.05, 4.69) is 12.6 Å². The third-order valence-corrected chi connectivity index (χ3v) is 3.11. The monoisotopic (exact) mass is 228 g/mol. The van der Waals surface area contributed by atoms with Gasteiger partial charge in [0.1, 0.15) is 17.7 Å². The van der Waals surface area contributed by atoms with Crippen molar-refractivity contribution in [1.82, 2.24) is 0 Å². The Bertz CT molecular complexity index is 356. The number of aryl methyl sites for hydroxylation is 1. The van der Waals surface area contributed by atoms with Gasteiger partial charge in [-0.1, -0.05) is 0 Å². The Morgan fingerprint density at radius 1 is 1.60 bits per heavy atom. The number of aliphatic hydroxyl groups excluding tert-OH is 1.